The van der Waals surface area contributed by atoms with Crippen LogP contribution < -0.4 is 5.32 Å². The number of benzene rings is 1. The van der Waals surface area contributed by atoms with Crippen molar-refractivity contribution in [2.75, 3.05) is 0 Å². The first-order valence-electron chi connectivity index (χ1n) is 10.0. The van der Waals surface area contributed by atoms with Gasteiger partial charge in [-0.3, -0.25) is 9.59 Å². The van der Waals surface area contributed by atoms with E-state index in [1.165, 1.54) is 12.1 Å². The average Bonchev–Trinajstić information content (AvgIpc) is 3.36. The molecule has 1 aromatic carbocycles. The number of hydrogen-bond donors (Lipinski definition) is 1. The molecule has 0 spiro atoms. The summed E-state index contributed by atoms with van der Waals surface area (Å²) in [5, 5.41) is 6.60. The highest BCUT2D eigenvalue weighted by Gasteiger charge is 2.34. The van der Waals surface area contributed by atoms with Crippen LogP contribution in [0.4, 0.5) is 4.39 Å². The number of aromatic nitrogens is 1. The van der Waals surface area contributed by atoms with Gasteiger partial charge in [-0.15, -0.1) is 0 Å². The molecule has 1 aliphatic rings. The van der Waals surface area contributed by atoms with Gasteiger partial charge < -0.3 is 14.7 Å². The SMILES string of the molecule is CC(C)(C)C(=O)N(Cc1cc(C(=O)NCc2ccc(F)cc2)no1)C1CCCC1. The molecule has 1 aliphatic carbocycles. The van der Waals surface area contributed by atoms with Crippen molar-refractivity contribution < 1.29 is 18.5 Å². The van der Waals surface area contributed by atoms with Gasteiger partial charge in [0.25, 0.3) is 5.91 Å². The van der Waals surface area contributed by atoms with E-state index < -0.39 is 5.41 Å². The van der Waals surface area contributed by atoms with Crippen LogP contribution in [0.5, 0.6) is 0 Å². The Hall–Kier alpha value is -2.70. The van der Waals surface area contributed by atoms with Crippen LogP contribution in [0.3, 0.4) is 0 Å². The molecule has 2 aromatic rings. The van der Waals surface area contributed by atoms with Crippen molar-refractivity contribution in [1.29, 1.82) is 0 Å². The second-order valence-electron chi connectivity index (χ2n) is 8.61. The number of nitrogens with zero attached hydrogens (tertiary/aromatic N) is 2. The van der Waals surface area contributed by atoms with Crippen LogP contribution >= 0.6 is 0 Å². The first-order valence-corrected chi connectivity index (χ1v) is 10.0. The van der Waals surface area contributed by atoms with Gasteiger partial charge in [-0.2, -0.15) is 0 Å². The van der Waals surface area contributed by atoms with Crippen molar-refractivity contribution in [1.82, 2.24) is 15.4 Å². The summed E-state index contributed by atoms with van der Waals surface area (Å²) < 4.78 is 18.3. The van der Waals surface area contributed by atoms with E-state index in [0.29, 0.717) is 12.3 Å². The molecule has 1 fully saturated rings. The first-order chi connectivity index (χ1) is 13.7. The van der Waals surface area contributed by atoms with Crippen molar-refractivity contribution in [2.24, 2.45) is 5.41 Å². The van der Waals surface area contributed by atoms with Gasteiger partial charge in [0.2, 0.25) is 5.91 Å². The lowest BCUT2D eigenvalue weighted by molar-refractivity contribution is -0.143. The van der Waals surface area contributed by atoms with Gasteiger partial charge in [0, 0.05) is 24.1 Å². The molecular weight excluding hydrogens is 373 g/mol. The van der Waals surface area contributed by atoms with Gasteiger partial charge in [-0.05, 0) is 30.5 Å². The predicted molar refractivity (Wildman–Crippen MR) is 106 cm³/mol. The number of rotatable bonds is 6. The maximum atomic E-state index is 13.0. The molecule has 0 atom stereocenters. The largest absolute Gasteiger partial charge is 0.359 e. The van der Waals surface area contributed by atoms with Gasteiger partial charge in [-0.25, -0.2) is 4.39 Å². The van der Waals surface area contributed by atoms with E-state index in [0.717, 1.165) is 31.2 Å². The van der Waals surface area contributed by atoms with Crippen molar-refractivity contribution >= 4 is 11.8 Å². The zero-order valence-electron chi connectivity index (χ0n) is 17.2. The fourth-order valence-corrected chi connectivity index (χ4v) is 3.55. The molecule has 0 radical (unpaired) electrons. The van der Waals surface area contributed by atoms with E-state index >= 15 is 0 Å². The molecule has 0 bridgehead atoms. The molecule has 1 aromatic heterocycles. The number of halogens is 1. The third-order valence-corrected chi connectivity index (χ3v) is 5.15. The van der Waals surface area contributed by atoms with Crippen LogP contribution in [-0.2, 0) is 17.9 Å². The highest BCUT2D eigenvalue weighted by Crippen LogP contribution is 2.29. The number of carbonyl (C=O) groups is 2. The molecule has 3 rings (SSSR count). The minimum atomic E-state index is -0.488. The minimum Gasteiger partial charge on any atom is -0.359 e. The Morgan fingerprint density at radius 1 is 1.21 bits per heavy atom. The van der Waals surface area contributed by atoms with Crippen LogP contribution in [0, 0.1) is 11.2 Å². The molecule has 0 aliphatic heterocycles. The number of carbonyl (C=O) groups excluding carboxylic acids is 2. The van der Waals surface area contributed by atoms with Gasteiger partial charge in [0.15, 0.2) is 11.5 Å². The quantitative estimate of drug-likeness (QED) is 0.792. The van der Waals surface area contributed by atoms with E-state index in [-0.39, 0.29) is 35.9 Å². The summed E-state index contributed by atoms with van der Waals surface area (Å²) >= 11 is 0. The van der Waals surface area contributed by atoms with Crippen molar-refractivity contribution in [3.05, 3.63) is 53.2 Å². The fourth-order valence-electron chi connectivity index (χ4n) is 3.55. The molecule has 1 N–H and O–H groups in total. The van der Waals surface area contributed by atoms with Crippen LogP contribution in [0.1, 0.15) is 68.3 Å². The highest BCUT2D eigenvalue weighted by molar-refractivity contribution is 5.92. The van der Waals surface area contributed by atoms with E-state index in [2.05, 4.69) is 10.5 Å². The summed E-state index contributed by atoms with van der Waals surface area (Å²) in [5.41, 5.74) is 0.459. The van der Waals surface area contributed by atoms with Crippen LogP contribution in [0.15, 0.2) is 34.9 Å². The standard InChI is InChI=1S/C22H28FN3O3/c1-22(2,3)21(28)26(17-6-4-5-7-17)14-18-12-19(25-29-18)20(27)24-13-15-8-10-16(23)11-9-15/h8-12,17H,4-7,13-14H2,1-3H3,(H,24,27). The molecule has 156 valence electrons. The van der Waals surface area contributed by atoms with Crippen LogP contribution in [-0.4, -0.2) is 27.9 Å². The van der Waals surface area contributed by atoms with E-state index in [4.69, 9.17) is 4.52 Å². The maximum Gasteiger partial charge on any atom is 0.273 e. The van der Waals surface area contributed by atoms with Crippen molar-refractivity contribution in [3.8, 4) is 0 Å². The maximum absolute atomic E-state index is 13.0. The molecular formula is C22H28FN3O3. The Bertz CT molecular complexity index is 849. The molecule has 7 heteroatoms. The Balaban J connectivity index is 1.64. The number of nitrogens with one attached hydrogen (secondary N) is 1. The summed E-state index contributed by atoms with van der Waals surface area (Å²) in [6.07, 6.45) is 4.21. The summed E-state index contributed by atoms with van der Waals surface area (Å²) in [4.78, 5) is 27.2. The van der Waals surface area contributed by atoms with Crippen LogP contribution in [0.2, 0.25) is 0 Å². The van der Waals surface area contributed by atoms with Gasteiger partial charge in [0.05, 0.1) is 6.54 Å². The van der Waals surface area contributed by atoms with Crippen LogP contribution in [0.25, 0.3) is 0 Å². The molecule has 1 saturated carbocycles. The molecule has 6 nitrogen and oxygen atoms in total. The summed E-state index contributed by atoms with van der Waals surface area (Å²) in [6.45, 7) is 6.29. The number of hydrogen-bond acceptors (Lipinski definition) is 4. The minimum absolute atomic E-state index is 0.0723. The summed E-state index contributed by atoms with van der Waals surface area (Å²) in [7, 11) is 0. The van der Waals surface area contributed by atoms with Gasteiger partial charge in [0.1, 0.15) is 5.82 Å². The summed E-state index contributed by atoms with van der Waals surface area (Å²) in [6, 6.07) is 7.70. The van der Waals surface area contributed by atoms with Gasteiger partial charge >= 0.3 is 0 Å². The van der Waals surface area contributed by atoms with Crippen molar-refractivity contribution in [3.63, 3.8) is 0 Å². The lowest BCUT2D eigenvalue weighted by atomic mass is 9.93. The molecule has 29 heavy (non-hydrogen) atoms. The smallest absolute Gasteiger partial charge is 0.273 e. The fraction of sp³-hybridized carbons (Fsp3) is 0.500. The lowest BCUT2D eigenvalue weighted by Gasteiger charge is -2.33. The first kappa shape index (κ1) is 21.0. The normalized spacial score (nSPS) is 14.8. The zero-order valence-corrected chi connectivity index (χ0v) is 17.2. The van der Waals surface area contributed by atoms with E-state index in [1.807, 2.05) is 25.7 Å². The number of amides is 2. The highest BCUT2D eigenvalue weighted by atomic mass is 19.1. The Labute approximate surface area is 170 Å². The third-order valence-electron chi connectivity index (χ3n) is 5.15. The monoisotopic (exact) mass is 401 g/mol. The molecule has 0 saturated heterocycles. The molecule has 2 amide bonds. The molecule has 0 unspecified atom stereocenters. The van der Waals surface area contributed by atoms with Gasteiger partial charge in [-0.1, -0.05) is 50.9 Å². The molecule has 1 heterocycles. The van der Waals surface area contributed by atoms with E-state index in [1.54, 1.807) is 18.2 Å². The lowest BCUT2D eigenvalue weighted by Crippen LogP contribution is -2.44. The Morgan fingerprint density at radius 2 is 1.86 bits per heavy atom. The second-order valence-corrected chi connectivity index (χ2v) is 8.61. The zero-order chi connectivity index (χ0) is 21.0. The Kier molecular flexibility index (Phi) is 6.35. The average molecular weight is 401 g/mol. The topological polar surface area (TPSA) is 75.4 Å². The van der Waals surface area contributed by atoms with E-state index in [9.17, 15) is 14.0 Å². The van der Waals surface area contributed by atoms with Crippen molar-refractivity contribution in [2.45, 2.75) is 65.6 Å². The predicted octanol–water partition coefficient (Wildman–Crippen LogP) is 4.06. The Morgan fingerprint density at radius 3 is 2.48 bits per heavy atom. The summed E-state index contributed by atoms with van der Waals surface area (Å²) in [5.74, 6) is -0.138. The second kappa shape index (κ2) is 8.76. The third kappa shape index (κ3) is 5.43.